The first-order valence-electron chi connectivity index (χ1n) is 5.88. The van der Waals surface area contributed by atoms with E-state index in [4.69, 9.17) is 17.3 Å². The van der Waals surface area contributed by atoms with Crippen molar-refractivity contribution in [2.45, 2.75) is 17.7 Å². The number of benzene rings is 1. The predicted molar refractivity (Wildman–Crippen MR) is 84.5 cm³/mol. The molecule has 5 nitrogen and oxygen atoms in total. The van der Waals surface area contributed by atoms with E-state index >= 15 is 0 Å². The summed E-state index contributed by atoms with van der Waals surface area (Å²) in [7, 11) is 0. The third kappa shape index (κ3) is 4.09. The van der Waals surface area contributed by atoms with Crippen molar-refractivity contribution in [3.8, 4) is 0 Å². The van der Waals surface area contributed by atoms with E-state index in [9.17, 15) is 4.79 Å². The third-order valence-corrected chi connectivity index (χ3v) is 4.49. The van der Waals surface area contributed by atoms with Crippen molar-refractivity contribution in [2.24, 2.45) is 0 Å². The summed E-state index contributed by atoms with van der Waals surface area (Å²) < 4.78 is 4.95. The first kappa shape index (κ1) is 15.1. The summed E-state index contributed by atoms with van der Waals surface area (Å²) in [6, 6.07) is 4.96. The van der Waals surface area contributed by atoms with E-state index in [2.05, 4.69) is 14.7 Å². The first-order chi connectivity index (χ1) is 9.58. The average molecular weight is 329 g/mol. The van der Waals surface area contributed by atoms with Crippen LogP contribution in [0.3, 0.4) is 0 Å². The molecule has 2 aromatic rings. The van der Waals surface area contributed by atoms with Crippen LogP contribution >= 0.6 is 34.9 Å². The standard InChI is InChI=1S/C12H13ClN4OS2/c1-2-10-16-12(20-17-10)19-6-11(18)15-9-5-7(13)3-4-8(9)14/h3-5H,2,6,14H2,1H3,(H,15,18). The minimum atomic E-state index is -0.155. The van der Waals surface area contributed by atoms with Crippen molar-refractivity contribution in [2.75, 3.05) is 16.8 Å². The number of rotatable bonds is 5. The van der Waals surface area contributed by atoms with Crippen LogP contribution in [0.15, 0.2) is 22.5 Å². The highest BCUT2D eigenvalue weighted by Crippen LogP contribution is 2.24. The molecule has 1 aromatic heterocycles. The van der Waals surface area contributed by atoms with Gasteiger partial charge in [-0.25, -0.2) is 4.98 Å². The van der Waals surface area contributed by atoms with Gasteiger partial charge in [-0.3, -0.25) is 4.79 Å². The molecule has 8 heteroatoms. The Morgan fingerprint density at radius 1 is 1.55 bits per heavy atom. The van der Waals surface area contributed by atoms with Gasteiger partial charge in [0.05, 0.1) is 17.1 Å². The maximum atomic E-state index is 11.9. The van der Waals surface area contributed by atoms with Crippen LogP contribution in [-0.2, 0) is 11.2 Å². The fraction of sp³-hybridized carbons (Fsp3) is 0.250. The molecular weight excluding hydrogens is 316 g/mol. The molecule has 0 saturated carbocycles. The molecule has 1 heterocycles. The zero-order chi connectivity index (χ0) is 14.5. The lowest BCUT2D eigenvalue weighted by molar-refractivity contribution is -0.113. The Labute approximate surface area is 130 Å². The van der Waals surface area contributed by atoms with Gasteiger partial charge in [0.25, 0.3) is 0 Å². The maximum Gasteiger partial charge on any atom is 0.234 e. The molecule has 0 fully saturated rings. The number of carbonyl (C=O) groups excluding carboxylic acids is 1. The van der Waals surface area contributed by atoms with E-state index in [1.54, 1.807) is 18.2 Å². The number of nitrogens with two attached hydrogens (primary N) is 1. The van der Waals surface area contributed by atoms with Crippen LogP contribution in [0.5, 0.6) is 0 Å². The molecule has 1 amide bonds. The fourth-order valence-electron chi connectivity index (χ4n) is 1.39. The zero-order valence-corrected chi connectivity index (χ0v) is 13.1. The average Bonchev–Trinajstić information content (AvgIpc) is 2.89. The van der Waals surface area contributed by atoms with Gasteiger partial charge in [0, 0.05) is 11.4 Å². The number of thioether (sulfide) groups is 1. The van der Waals surface area contributed by atoms with Gasteiger partial charge in [-0.2, -0.15) is 4.37 Å². The summed E-state index contributed by atoms with van der Waals surface area (Å²) in [6.07, 6.45) is 0.794. The van der Waals surface area contributed by atoms with Gasteiger partial charge in [0.2, 0.25) is 5.91 Å². The van der Waals surface area contributed by atoms with E-state index in [0.717, 1.165) is 16.6 Å². The van der Waals surface area contributed by atoms with Crippen molar-refractivity contribution in [1.29, 1.82) is 0 Å². The largest absolute Gasteiger partial charge is 0.397 e. The third-order valence-electron chi connectivity index (χ3n) is 2.38. The molecular formula is C12H13ClN4OS2. The highest BCUT2D eigenvalue weighted by molar-refractivity contribution is 8.01. The quantitative estimate of drug-likeness (QED) is 0.651. The number of aryl methyl sites for hydroxylation is 1. The number of amides is 1. The first-order valence-corrected chi connectivity index (χ1v) is 8.02. The highest BCUT2D eigenvalue weighted by atomic mass is 35.5. The molecule has 0 aliphatic rings. The highest BCUT2D eigenvalue weighted by Gasteiger charge is 2.09. The van der Waals surface area contributed by atoms with E-state index in [0.29, 0.717) is 16.4 Å². The predicted octanol–water partition coefficient (Wildman–Crippen LogP) is 3.07. The Bertz CT molecular complexity index is 617. The fourth-order valence-corrected chi connectivity index (χ4v) is 3.06. The molecule has 0 atom stereocenters. The molecule has 106 valence electrons. The molecule has 0 spiro atoms. The summed E-state index contributed by atoms with van der Waals surface area (Å²) in [6.45, 7) is 1.99. The smallest absolute Gasteiger partial charge is 0.234 e. The second-order valence-corrected chi connectivity index (χ2v) is 6.31. The van der Waals surface area contributed by atoms with Gasteiger partial charge >= 0.3 is 0 Å². The summed E-state index contributed by atoms with van der Waals surface area (Å²) >= 11 is 8.52. The van der Waals surface area contributed by atoms with Crippen LogP contribution in [0.2, 0.25) is 5.02 Å². The second kappa shape index (κ2) is 6.92. The summed E-state index contributed by atoms with van der Waals surface area (Å²) in [5.41, 5.74) is 6.77. The van der Waals surface area contributed by atoms with E-state index in [1.807, 2.05) is 6.92 Å². The van der Waals surface area contributed by atoms with Crippen molar-refractivity contribution < 1.29 is 4.79 Å². The van der Waals surface area contributed by atoms with Crippen molar-refractivity contribution in [1.82, 2.24) is 9.36 Å². The van der Waals surface area contributed by atoms with E-state index < -0.39 is 0 Å². The van der Waals surface area contributed by atoms with Gasteiger partial charge < -0.3 is 11.1 Å². The number of nitrogen functional groups attached to an aromatic ring is 1. The van der Waals surface area contributed by atoms with Gasteiger partial charge in [0.1, 0.15) is 5.82 Å². The van der Waals surface area contributed by atoms with Gasteiger partial charge in [-0.1, -0.05) is 30.3 Å². The number of anilines is 2. The Hall–Kier alpha value is -1.31. The van der Waals surface area contributed by atoms with Gasteiger partial charge in [-0.15, -0.1) is 0 Å². The molecule has 0 saturated heterocycles. The van der Waals surface area contributed by atoms with Crippen LogP contribution in [0.25, 0.3) is 0 Å². The Balaban J connectivity index is 1.90. The Morgan fingerprint density at radius 3 is 3.05 bits per heavy atom. The number of hydrogen-bond acceptors (Lipinski definition) is 6. The molecule has 0 radical (unpaired) electrons. The van der Waals surface area contributed by atoms with Gasteiger partial charge in [0.15, 0.2) is 4.34 Å². The van der Waals surface area contributed by atoms with Crippen molar-refractivity contribution in [3.05, 3.63) is 29.0 Å². The van der Waals surface area contributed by atoms with Crippen LogP contribution in [0.1, 0.15) is 12.7 Å². The number of carbonyl (C=O) groups is 1. The number of nitrogens with one attached hydrogen (secondary N) is 1. The summed E-state index contributed by atoms with van der Waals surface area (Å²) in [5, 5.41) is 3.26. The summed E-state index contributed by atoms with van der Waals surface area (Å²) in [5.74, 6) is 0.902. The van der Waals surface area contributed by atoms with Crippen LogP contribution < -0.4 is 11.1 Å². The lowest BCUT2D eigenvalue weighted by atomic mass is 10.2. The lowest BCUT2D eigenvalue weighted by Crippen LogP contribution is -2.15. The molecule has 0 unspecified atom stereocenters. The lowest BCUT2D eigenvalue weighted by Gasteiger charge is -2.07. The molecule has 20 heavy (non-hydrogen) atoms. The molecule has 0 aliphatic heterocycles. The number of hydrogen-bond donors (Lipinski definition) is 2. The van der Waals surface area contributed by atoms with Crippen LogP contribution in [0.4, 0.5) is 11.4 Å². The van der Waals surface area contributed by atoms with Crippen molar-refractivity contribution in [3.63, 3.8) is 0 Å². The topological polar surface area (TPSA) is 80.9 Å². The SMILES string of the molecule is CCc1nsc(SCC(=O)Nc2cc(Cl)ccc2N)n1. The maximum absolute atomic E-state index is 11.9. The minimum Gasteiger partial charge on any atom is -0.397 e. The van der Waals surface area contributed by atoms with E-state index in [1.165, 1.54) is 23.3 Å². The Kier molecular flexibility index (Phi) is 5.22. The number of halogens is 1. The second-order valence-electron chi connectivity index (χ2n) is 3.90. The minimum absolute atomic E-state index is 0.155. The van der Waals surface area contributed by atoms with Crippen LogP contribution in [0, 0.1) is 0 Å². The monoisotopic (exact) mass is 328 g/mol. The van der Waals surface area contributed by atoms with Crippen LogP contribution in [-0.4, -0.2) is 21.0 Å². The Morgan fingerprint density at radius 2 is 2.35 bits per heavy atom. The molecule has 0 bridgehead atoms. The van der Waals surface area contributed by atoms with Crippen molar-refractivity contribution >= 4 is 52.2 Å². The zero-order valence-electron chi connectivity index (χ0n) is 10.7. The number of aromatic nitrogens is 2. The molecule has 1 aromatic carbocycles. The summed E-state index contributed by atoms with van der Waals surface area (Å²) in [4.78, 5) is 16.1. The molecule has 0 aliphatic carbocycles. The molecule has 3 N–H and O–H groups in total. The van der Waals surface area contributed by atoms with Gasteiger partial charge in [-0.05, 0) is 29.7 Å². The molecule has 2 rings (SSSR count). The number of nitrogens with zero attached hydrogens (tertiary/aromatic N) is 2. The normalized spacial score (nSPS) is 10.5. The van der Waals surface area contributed by atoms with E-state index in [-0.39, 0.29) is 11.7 Å².